The van der Waals surface area contributed by atoms with E-state index in [2.05, 4.69) is 22.5 Å². The Labute approximate surface area is 164 Å². The topological polar surface area (TPSA) is 56.7 Å². The molecule has 28 heavy (non-hydrogen) atoms. The Hall–Kier alpha value is -2.96. The zero-order valence-corrected chi connectivity index (χ0v) is 15.9. The van der Waals surface area contributed by atoms with Gasteiger partial charge in [0, 0.05) is 37.3 Å². The first kappa shape index (κ1) is 18.4. The largest absolute Gasteiger partial charge is 0.468 e. The molecule has 0 radical (unpaired) electrons. The van der Waals surface area contributed by atoms with E-state index in [1.807, 2.05) is 36.5 Å². The zero-order valence-electron chi connectivity index (χ0n) is 15.9. The summed E-state index contributed by atoms with van der Waals surface area (Å²) in [6.07, 6.45) is 3.62. The molecule has 0 atom stereocenters. The van der Waals surface area contributed by atoms with Crippen LogP contribution in [0.1, 0.15) is 5.69 Å². The van der Waals surface area contributed by atoms with Crippen LogP contribution >= 0.6 is 0 Å². The smallest absolute Gasteiger partial charge is 0.188 e. The fraction of sp³-hybridized carbons (Fsp3) is 0.273. The molecule has 0 N–H and O–H groups in total. The van der Waals surface area contributed by atoms with Crippen molar-refractivity contribution in [2.24, 2.45) is 0 Å². The molecule has 0 aliphatic carbocycles. The Morgan fingerprint density at radius 2 is 2.07 bits per heavy atom. The van der Waals surface area contributed by atoms with E-state index in [1.54, 1.807) is 13.2 Å². The maximum atomic E-state index is 5.59. The van der Waals surface area contributed by atoms with Crippen molar-refractivity contribution < 1.29 is 14.2 Å². The molecular formula is C22H23N3O3. The van der Waals surface area contributed by atoms with E-state index in [0.29, 0.717) is 0 Å². The molecule has 6 nitrogen and oxygen atoms in total. The molecule has 0 bridgehead atoms. The molecule has 1 aliphatic heterocycles. The molecule has 2 aromatic heterocycles. The van der Waals surface area contributed by atoms with Crippen molar-refractivity contribution in [3.05, 3.63) is 54.9 Å². The van der Waals surface area contributed by atoms with Gasteiger partial charge in [0.1, 0.15) is 5.75 Å². The summed E-state index contributed by atoms with van der Waals surface area (Å²) in [5, 5.41) is 1.03. The molecule has 1 saturated heterocycles. The predicted octanol–water partition coefficient (Wildman–Crippen LogP) is 3.76. The van der Waals surface area contributed by atoms with Crippen LogP contribution in [0.4, 0.5) is 5.69 Å². The van der Waals surface area contributed by atoms with Crippen LogP contribution in [0.5, 0.6) is 5.75 Å². The molecular weight excluding hydrogens is 354 g/mol. The minimum atomic E-state index is 0.210. The van der Waals surface area contributed by atoms with E-state index in [1.165, 1.54) is 0 Å². The van der Waals surface area contributed by atoms with E-state index in [0.717, 1.165) is 65.6 Å². The second-order valence-corrected chi connectivity index (χ2v) is 6.54. The van der Waals surface area contributed by atoms with Crippen LogP contribution in [0.2, 0.25) is 0 Å². The lowest BCUT2D eigenvalue weighted by Crippen LogP contribution is -2.36. The number of hydrogen-bond acceptors (Lipinski definition) is 6. The number of methoxy groups -OCH3 is 1. The fourth-order valence-electron chi connectivity index (χ4n) is 3.32. The molecule has 1 fully saturated rings. The van der Waals surface area contributed by atoms with Gasteiger partial charge in [-0.05, 0) is 30.3 Å². The van der Waals surface area contributed by atoms with Gasteiger partial charge in [-0.3, -0.25) is 4.98 Å². The first-order chi connectivity index (χ1) is 13.8. The minimum absolute atomic E-state index is 0.210. The molecule has 6 heteroatoms. The van der Waals surface area contributed by atoms with Crippen LogP contribution in [0, 0.1) is 0 Å². The summed E-state index contributed by atoms with van der Waals surface area (Å²) in [7, 11) is 1.61. The predicted molar refractivity (Wildman–Crippen MR) is 111 cm³/mol. The standard InChI is InChI=1S/C22H23N3O3/c1-3-17-12-21-19(14-23-17)22(25-7-9-27-10-8-25)13-20(24-21)16-5-4-6-18(11-16)28-15-26-2/h3-6,11-14H,1,7-10,15H2,2H3. The van der Waals surface area contributed by atoms with E-state index in [9.17, 15) is 0 Å². The number of nitrogens with zero attached hydrogens (tertiary/aromatic N) is 3. The van der Waals surface area contributed by atoms with Gasteiger partial charge >= 0.3 is 0 Å². The van der Waals surface area contributed by atoms with Gasteiger partial charge in [0.15, 0.2) is 6.79 Å². The number of ether oxygens (including phenoxy) is 3. The van der Waals surface area contributed by atoms with E-state index in [4.69, 9.17) is 19.2 Å². The average molecular weight is 377 g/mol. The van der Waals surface area contributed by atoms with E-state index >= 15 is 0 Å². The third kappa shape index (κ3) is 3.83. The van der Waals surface area contributed by atoms with Crippen LogP contribution in [0.15, 0.2) is 49.2 Å². The van der Waals surface area contributed by atoms with Crippen molar-refractivity contribution in [1.29, 1.82) is 0 Å². The van der Waals surface area contributed by atoms with Crippen LogP contribution in [-0.4, -0.2) is 50.2 Å². The van der Waals surface area contributed by atoms with Crippen LogP contribution in [-0.2, 0) is 9.47 Å². The molecule has 0 spiro atoms. The van der Waals surface area contributed by atoms with Gasteiger partial charge in [-0.25, -0.2) is 4.98 Å². The summed E-state index contributed by atoms with van der Waals surface area (Å²) >= 11 is 0. The molecule has 144 valence electrons. The van der Waals surface area contributed by atoms with Gasteiger partial charge in [0.2, 0.25) is 0 Å². The molecule has 0 saturated carbocycles. The van der Waals surface area contributed by atoms with Crippen molar-refractivity contribution in [2.45, 2.75) is 0 Å². The van der Waals surface area contributed by atoms with Crippen LogP contribution < -0.4 is 9.64 Å². The summed E-state index contributed by atoms with van der Waals surface area (Å²) in [5.74, 6) is 0.746. The molecule has 1 aliphatic rings. The number of anilines is 1. The van der Waals surface area contributed by atoms with Crippen LogP contribution in [0.3, 0.4) is 0 Å². The highest BCUT2D eigenvalue weighted by Gasteiger charge is 2.17. The van der Waals surface area contributed by atoms with Crippen LogP contribution in [0.25, 0.3) is 28.2 Å². The number of rotatable bonds is 6. The first-order valence-electron chi connectivity index (χ1n) is 9.26. The lowest BCUT2D eigenvalue weighted by Gasteiger charge is -2.30. The quantitative estimate of drug-likeness (QED) is 0.610. The summed E-state index contributed by atoms with van der Waals surface area (Å²) in [6, 6.07) is 12.0. The summed E-state index contributed by atoms with van der Waals surface area (Å²) in [4.78, 5) is 11.7. The Bertz CT molecular complexity index is 984. The molecule has 1 aromatic carbocycles. The minimum Gasteiger partial charge on any atom is -0.468 e. The highest BCUT2D eigenvalue weighted by molar-refractivity contribution is 5.94. The summed E-state index contributed by atoms with van der Waals surface area (Å²) in [5.41, 5.74) is 4.70. The number of benzene rings is 1. The molecule has 0 unspecified atom stereocenters. The zero-order chi connectivity index (χ0) is 19.3. The Balaban J connectivity index is 1.82. The maximum absolute atomic E-state index is 5.59. The van der Waals surface area contributed by atoms with Gasteiger partial charge in [0.25, 0.3) is 0 Å². The highest BCUT2D eigenvalue weighted by Crippen LogP contribution is 2.32. The third-order valence-electron chi connectivity index (χ3n) is 4.73. The van der Waals surface area contributed by atoms with Crippen molar-refractivity contribution in [1.82, 2.24) is 9.97 Å². The average Bonchev–Trinajstić information content (AvgIpc) is 2.77. The van der Waals surface area contributed by atoms with Crippen molar-refractivity contribution in [3.63, 3.8) is 0 Å². The fourth-order valence-corrected chi connectivity index (χ4v) is 3.32. The number of aromatic nitrogens is 2. The monoisotopic (exact) mass is 377 g/mol. The SMILES string of the molecule is C=Cc1cc2nc(-c3cccc(OCOC)c3)cc(N3CCOCC3)c2cn1. The second-order valence-electron chi connectivity index (χ2n) is 6.54. The maximum Gasteiger partial charge on any atom is 0.188 e. The van der Waals surface area contributed by atoms with E-state index < -0.39 is 0 Å². The van der Waals surface area contributed by atoms with Gasteiger partial charge in [-0.15, -0.1) is 0 Å². The molecule has 3 aromatic rings. The second kappa shape index (κ2) is 8.37. The normalized spacial score (nSPS) is 14.2. The lowest BCUT2D eigenvalue weighted by atomic mass is 10.1. The summed E-state index contributed by atoms with van der Waals surface area (Å²) in [6.45, 7) is 7.17. The molecule has 0 amide bonds. The van der Waals surface area contributed by atoms with Gasteiger partial charge < -0.3 is 19.1 Å². The third-order valence-corrected chi connectivity index (χ3v) is 4.73. The molecule has 3 heterocycles. The van der Waals surface area contributed by atoms with Crippen molar-refractivity contribution in [3.8, 4) is 17.0 Å². The van der Waals surface area contributed by atoms with Gasteiger partial charge in [0.05, 0.1) is 35.8 Å². The first-order valence-corrected chi connectivity index (χ1v) is 9.26. The highest BCUT2D eigenvalue weighted by atomic mass is 16.7. The summed E-state index contributed by atoms with van der Waals surface area (Å²) < 4.78 is 16.1. The van der Waals surface area contributed by atoms with Gasteiger partial charge in [-0.1, -0.05) is 18.7 Å². The number of fused-ring (bicyclic) bond motifs is 1. The Morgan fingerprint density at radius 3 is 2.86 bits per heavy atom. The Kier molecular flexibility index (Phi) is 5.50. The van der Waals surface area contributed by atoms with Crippen molar-refractivity contribution >= 4 is 22.7 Å². The van der Waals surface area contributed by atoms with E-state index in [-0.39, 0.29) is 6.79 Å². The number of pyridine rings is 2. The lowest BCUT2D eigenvalue weighted by molar-refractivity contribution is 0.0511. The van der Waals surface area contributed by atoms with Gasteiger partial charge in [-0.2, -0.15) is 0 Å². The van der Waals surface area contributed by atoms with Crippen molar-refractivity contribution in [2.75, 3.05) is 45.1 Å². The Morgan fingerprint density at radius 1 is 1.21 bits per heavy atom. The molecule has 4 rings (SSSR count). The number of hydrogen-bond donors (Lipinski definition) is 0. The number of morpholine rings is 1.